The summed E-state index contributed by atoms with van der Waals surface area (Å²) in [4.78, 5) is 36.4. The van der Waals surface area contributed by atoms with E-state index in [9.17, 15) is 9.59 Å². The monoisotopic (exact) mass is 541 g/mol. The van der Waals surface area contributed by atoms with E-state index in [4.69, 9.17) is 5.11 Å². The summed E-state index contributed by atoms with van der Waals surface area (Å²) < 4.78 is 2.60. The van der Waals surface area contributed by atoms with Crippen LogP contribution in [0.15, 0.2) is 47.6 Å². The summed E-state index contributed by atoms with van der Waals surface area (Å²) in [5.74, 6) is -0.541. The van der Waals surface area contributed by atoms with E-state index in [0.29, 0.717) is 36.6 Å². The summed E-state index contributed by atoms with van der Waals surface area (Å²) in [5.41, 5.74) is 2.30. The van der Waals surface area contributed by atoms with Gasteiger partial charge in [0.05, 0.1) is 17.0 Å². The van der Waals surface area contributed by atoms with Gasteiger partial charge in [0.1, 0.15) is 11.9 Å². The molecule has 1 fully saturated rings. The predicted molar refractivity (Wildman–Crippen MR) is 151 cm³/mol. The quantitative estimate of drug-likeness (QED) is 0.391. The van der Waals surface area contributed by atoms with Gasteiger partial charge in [-0.15, -0.1) is 11.8 Å². The zero-order chi connectivity index (χ0) is 26.2. The van der Waals surface area contributed by atoms with E-state index in [1.165, 1.54) is 22.9 Å². The first kappa shape index (κ1) is 27.5. The van der Waals surface area contributed by atoms with Crippen LogP contribution in [0.4, 0.5) is 5.82 Å². The summed E-state index contributed by atoms with van der Waals surface area (Å²) in [5, 5.41) is 12.3. The molecule has 10 heteroatoms. The van der Waals surface area contributed by atoms with E-state index in [1.54, 1.807) is 11.9 Å². The molecule has 1 saturated heterocycles. The fourth-order valence-electron chi connectivity index (χ4n) is 4.44. The van der Waals surface area contributed by atoms with Gasteiger partial charge in [-0.1, -0.05) is 69.0 Å². The van der Waals surface area contributed by atoms with Gasteiger partial charge in [0.25, 0.3) is 0 Å². The minimum Gasteiger partial charge on any atom is -0.476 e. The van der Waals surface area contributed by atoms with Crippen molar-refractivity contribution in [2.45, 2.75) is 63.1 Å². The van der Waals surface area contributed by atoms with Gasteiger partial charge >= 0.3 is 5.97 Å². The third kappa shape index (κ3) is 7.49. The molecule has 0 bridgehead atoms. The first-order chi connectivity index (χ1) is 18.0. The molecule has 2 aliphatic heterocycles. The number of carbonyl (C=O) groups is 2. The average molecular weight is 542 g/mol. The number of hydrogen-bond donors (Lipinski definition) is 2. The number of anilines is 1. The Balaban J connectivity index is 1.43. The zero-order valence-electron chi connectivity index (χ0n) is 21.4. The Bertz CT molecular complexity index is 1090. The van der Waals surface area contributed by atoms with Gasteiger partial charge in [-0.3, -0.25) is 4.79 Å². The van der Waals surface area contributed by atoms with Gasteiger partial charge in [-0.05, 0) is 35.3 Å². The molecule has 2 atom stereocenters. The van der Waals surface area contributed by atoms with E-state index in [-0.39, 0.29) is 17.6 Å². The van der Waals surface area contributed by atoms with Crippen LogP contribution in [-0.4, -0.2) is 61.5 Å². The first-order valence-electron chi connectivity index (χ1n) is 12.9. The van der Waals surface area contributed by atoms with Crippen molar-refractivity contribution in [2.24, 2.45) is 0 Å². The molecule has 2 N–H and O–H groups in total. The van der Waals surface area contributed by atoms with E-state index in [0.717, 1.165) is 37.7 Å². The number of carboxylic acids is 1. The van der Waals surface area contributed by atoms with Crippen LogP contribution in [0.25, 0.3) is 0 Å². The topological polar surface area (TPSA) is 98.7 Å². The van der Waals surface area contributed by atoms with Crippen molar-refractivity contribution >= 4 is 41.4 Å². The highest BCUT2D eigenvalue weighted by atomic mass is 32.2. The molecule has 1 amide bonds. The molecule has 1 aromatic heterocycles. The van der Waals surface area contributed by atoms with Gasteiger partial charge < -0.3 is 15.3 Å². The molecule has 1 unspecified atom stereocenters. The number of hydrogen-bond acceptors (Lipinski definition) is 8. The van der Waals surface area contributed by atoms with Crippen LogP contribution < -0.4 is 10.2 Å². The fourth-order valence-corrected chi connectivity index (χ4v) is 7.34. The number of aromatic carboxylic acids is 1. The van der Waals surface area contributed by atoms with E-state index in [1.807, 2.05) is 16.7 Å². The Hall–Kier alpha value is -2.56. The number of nitrogens with zero attached hydrogens (tertiary/aromatic N) is 4. The van der Waals surface area contributed by atoms with Gasteiger partial charge in [-0.25, -0.2) is 19.1 Å². The Morgan fingerprint density at radius 2 is 1.84 bits per heavy atom. The lowest BCUT2D eigenvalue weighted by molar-refractivity contribution is -0.125. The van der Waals surface area contributed by atoms with Crippen molar-refractivity contribution in [1.82, 2.24) is 19.6 Å². The van der Waals surface area contributed by atoms with Crippen molar-refractivity contribution in [3.63, 3.8) is 0 Å². The van der Waals surface area contributed by atoms with Crippen molar-refractivity contribution in [2.75, 3.05) is 24.5 Å². The molecular weight excluding hydrogens is 506 g/mol. The summed E-state index contributed by atoms with van der Waals surface area (Å²) >= 11 is 3.69. The van der Waals surface area contributed by atoms with Crippen LogP contribution in [0.5, 0.6) is 0 Å². The summed E-state index contributed by atoms with van der Waals surface area (Å²) in [7, 11) is 0. The number of aromatic nitrogens is 2. The number of piperazine rings is 1. The summed E-state index contributed by atoms with van der Waals surface area (Å²) in [6.45, 7) is 6.68. The largest absolute Gasteiger partial charge is 0.476 e. The maximum atomic E-state index is 13.5. The smallest absolute Gasteiger partial charge is 0.356 e. The SMILES string of the molecule is CCCC1=CCC(SN2CCN(c3cnc(C(=O)O)cn3)C[C@@H]2C(=O)NCc2ccc(CCC)cc2)S1. The summed E-state index contributed by atoms with van der Waals surface area (Å²) in [6.07, 6.45) is 10.5. The molecule has 2 aliphatic rings. The minimum absolute atomic E-state index is 0.0188. The number of benzene rings is 1. The van der Waals surface area contributed by atoms with Crippen LogP contribution in [0.2, 0.25) is 0 Å². The molecule has 1 aromatic carbocycles. The van der Waals surface area contributed by atoms with Gasteiger partial charge in [0, 0.05) is 26.2 Å². The number of nitrogens with one attached hydrogen (secondary N) is 1. The molecule has 0 spiro atoms. The number of rotatable bonds is 11. The van der Waals surface area contributed by atoms with E-state index < -0.39 is 5.97 Å². The molecule has 0 aliphatic carbocycles. The normalized spacial score (nSPS) is 20.1. The third-order valence-corrected chi connectivity index (χ3v) is 9.22. The number of allylic oxidation sites excluding steroid dienone is 2. The Labute approximate surface area is 227 Å². The summed E-state index contributed by atoms with van der Waals surface area (Å²) in [6, 6.07) is 8.07. The Morgan fingerprint density at radius 3 is 2.51 bits per heavy atom. The number of thioether (sulfide) groups is 1. The van der Waals surface area contributed by atoms with Crippen LogP contribution in [-0.2, 0) is 17.8 Å². The minimum atomic E-state index is -1.11. The molecule has 2 aromatic rings. The van der Waals surface area contributed by atoms with Gasteiger partial charge in [0.15, 0.2) is 5.69 Å². The lowest BCUT2D eigenvalue weighted by atomic mass is 10.1. The van der Waals surface area contributed by atoms with Crippen molar-refractivity contribution < 1.29 is 14.7 Å². The lowest BCUT2D eigenvalue weighted by Gasteiger charge is -2.41. The Kier molecular flexibility index (Phi) is 9.88. The maximum absolute atomic E-state index is 13.5. The molecular formula is C27H35N5O3S2. The first-order valence-corrected chi connectivity index (χ1v) is 14.6. The van der Waals surface area contributed by atoms with E-state index in [2.05, 4.69) is 63.8 Å². The number of aryl methyl sites for hydroxylation is 1. The highest BCUT2D eigenvalue weighted by Crippen LogP contribution is 2.43. The zero-order valence-corrected chi connectivity index (χ0v) is 23.1. The second-order valence-corrected chi connectivity index (χ2v) is 12.1. The number of amides is 1. The highest BCUT2D eigenvalue weighted by Gasteiger charge is 2.36. The predicted octanol–water partition coefficient (Wildman–Crippen LogP) is 4.73. The second-order valence-electron chi connectivity index (χ2n) is 9.26. The van der Waals surface area contributed by atoms with Gasteiger partial charge in [0.2, 0.25) is 5.91 Å². The molecule has 3 heterocycles. The Morgan fingerprint density at radius 1 is 1.08 bits per heavy atom. The van der Waals surface area contributed by atoms with Crippen LogP contribution >= 0.6 is 23.7 Å². The van der Waals surface area contributed by atoms with Crippen molar-refractivity contribution in [1.29, 1.82) is 0 Å². The number of carbonyl (C=O) groups excluding carboxylic acids is 1. The van der Waals surface area contributed by atoms with Gasteiger partial charge in [-0.2, -0.15) is 0 Å². The molecule has 198 valence electrons. The van der Waals surface area contributed by atoms with E-state index >= 15 is 0 Å². The number of carboxylic acid groups (broad SMARTS) is 1. The fraction of sp³-hybridized carbons (Fsp3) is 0.481. The molecule has 8 nitrogen and oxygen atoms in total. The average Bonchev–Trinajstić information content (AvgIpc) is 3.35. The highest BCUT2D eigenvalue weighted by molar-refractivity contribution is 8.18. The van der Waals surface area contributed by atoms with Crippen LogP contribution in [0.1, 0.15) is 61.1 Å². The second kappa shape index (κ2) is 13.3. The van der Waals surface area contributed by atoms with Crippen LogP contribution in [0, 0.1) is 0 Å². The third-order valence-electron chi connectivity index (χ3n) is 6.41. The molecule has 4 rings (SSSR count). The molecule has 0 saturated carbocycles. The molecule has 37 heavy (non-hydrogen) atoms. The standard InChI is InChI=1S/C27H35N5O3S2/c1-3-5-19-7-9-20(10-8-19)15-30-26(33)23-18-31(24-17-28-22(16-29-24)27(34)35)13-14-32(23)37-25-12-11-21(36-25)6-4-2/h7-11,16-17,23,25H,3-6,12-15,18H2,1-2H3,(H,30,33)(H,34,35)/t23-,25?/m1/s1. The lowest BCUT2D eigenvalue weighted by Crippen LogP contribution is -2.57. The maximum Gasteiger partial charge on any atom is 0.356 e. The van der Waals surface area contributed by atoms with Crippen molar-refractivity contribution in [3.8, 4) is 0 Å². The molecule has 0 radical (unpaired) electrons. The van der Waals surface area contributed by atoms with Crippen molar-refractivity contribution in [3.05, 3.63) is 64.5 Å². The van der Waals surface area contributed by atoms with Crippen LogP contribution in [0.3, 0.4) is 0 Å².